The third-order valence-corrected chi connectivity index (χ3v) is 10.2. The minimum atomic E-state index is -5.42. The number of rotatable bonds is 8. The second kappa shape index (κ2) is 14.7. The van der Waals surface area contributed by atoms with Crippen LogP contribution in [-0.2, 0) is 20.5 Å². The van der Waals surface area contributed by atoms with E-state index in [1.807, 2.05) is 0 Å². The number of phenols is 1. The third-order valence-electron chi connectivity index (χ3n) is 10.2. The molecule has 3 N–H and O–H groups in total. The van der Waals surface area contributed by atoms with Crippen LogP contribution in [0.4, 0.5) is 13.2 Å². The van der Waals surface area contributed by atoms with E-state index < -0.39 is 75.4 Å². The first-order valence-electron chi connectivity index (χ1n) is 16.6. The fourth-order valence-electron chi connectivity index (χ4n) is 6.53. The highest BCUT2D eigenvalue weighted by molar-refractivity contribution is 6.06. The first-order chi connectivity index (χ1) is 25.3. The van der Waals surface area contributed by atoms with Gasteiger partial charge in [-0.15, -0.1) is 0 Å². The van der Waals surface area contributed by atoms with Crippen molar-refractivity contribution in [2.45, 2.75) is 81.0 Å². The number of carboxylic acids is 1. The van der Waals surface area contributed by atoms with E-state index in [1.165, 1.54) is 33.8 Å². The Labute approximate surface area is 313 Å². The van der Waals surface area contributed by atoms with Crippen LogP contribution < -0.4 is 14.2 Å². The minimum Gasteiger partial charge on any atom is -0.506 e. The molecule has 0 aliphatic heterocycles. The van der Waals surface area contributed by atoms with E-state index in [1.54, 1.807) is 27.7 Å². The molecule has 15 heteroatoms. The van der Waals surface area contributed by atoms with Crippen molar-refractivity contribution >= 4 is 29.7 Å². The Hall–Kier alpha value is -5.96. The molecular formula is C40H39F3O12. The van der Waals surface area contributed by atoms with Gasteiger partial charge in [0.1, 0.15) is 39.9 Å². The topological polar surface area (TPSA) is 183 Å². The van der Waals surface area contributed by atoms with Crippen molar-refractivity contribution in [3.63, 3.8) is 0 Å². The van der Waals surface area contributed by atoms with Crippen molar-refractivity contribution < 1.29 is 71.4 Å². The van der Waals surface area contributed by atoms with Crippen LogP contribution >= 0.6 is 0 Å². The molecule has 0 saturated heterocycles. The van der Waals surface area contributed by atoms with Crippen molar-refractivity contribution in [1.82, 2.24) is 0 Å². The number of phenolic OH excluding ortho intramolecular Hbond substituents is 1. The number of aromatic hydroxyl groups is 1. The molecule has 3 aromatic rings. The first-order valence-corrected chi connectivity index (χ1v) is 16.6. The lowest BCUT2D eigenvalue weighted by molar-refractivity contribution is -0.153. The zero-order valence-corrected chi connectivity index (χ0v) is 31.9. The number of benzene rings is 3. The van der Waals surface area contributed by atoms with Crippen LogP contribution in [0.1, 0.15) is 93.6 Å². The fourth-order valence-corrected chi connectivity index (χ4v) is 6.53. The van der Waals surface area contributed by atoms with Gasteiger partial charge in [0.15, 0.2) is 5.78 Å². The number of carbonyl (C=O) groups excluding carboxylic acids is 4. The van der Waals surface area contributed by atoms with Crippen LogP contribution in [0.25, 0.3) is 0 Å². The highest BCUT2D eigenvalue weighted by atomic mass is 19.4. The van der Waals surface area contributed by atoms with Gasteiger partial charge in [-0.1, -0.05) is 0 Å². The molecule has 0 saturated carbocycles. The summed E-state index contributed by atoms with van der Waals surface area (Å²) in [5, 5.41) is 31.9. The molecule has 0 aromatic heterocycles. The Kier molecular flexibility index (Phi) is 11.2. The zero-order chi connectivity index (χ0) is 41.8. The lowest BCUT2D eigenvalue weighted by Gasteiger charge is -2.31. The molecule has 1 atom stereocenters. The predicted octanol–water partition coefficient (Wildman–Crippen LogP) is 7.02. The maximum Gasteiger partial charge on any atom is 0.423 e. The Balaban J connectivity index is 1.75. The van der Waals surface area contributed by atoms with Crippen molar-refractivity contribution in [2.75, 3.05) is 7.11 Å². The number of aliphatic hydroxyl groups is 1. The predicted molar refractivity (Wildman–Crippen MR) is 190 cm³/mol. The molecule has 12 nitrogen and oxygen atoms in total. The van der Waals surface area contributed by atoms with Crippen LogP contribution in [-0.4, -0.2) is 57.7 Å². The highest BCUT2D eigenvalue weighted by Gasteiger charge is 2.50. The molecule has 0 amide bonds. The van der Waals surface area contributed by atoms with Gasteiger partial charge in [0.2, 0.25) is 5.60 Å². The number of halogens is 3. The van der Waals surface area contributed by atoms with E-state index in [2.05, 4.69) is 0 Å². The number of aromatic carboxylic acids is 1. The summed E-state index contributed by atoms with van der Waals surface area (Å²) in [6, 6.07) is 1.30. The van der Waals surface area contributed by atoms with Crippen LogP contribution in [0.15, 0.2) is 29.6 Å². The Morgan fingerprint density at radius 1 is 0.673 bits per heavy atom. The molecule has 55 heavy (non-hydrogen) atoms. The summed E-state index contributed by atoms with van der Waals surface area (Å²) in [7, 11) is 1.02. The standard InChI is InChI=1S/C40H39F3O12/c1-15-12-26(17(3)18(4)28(15)36(48)54-33-22(8)19(5)29(35(46)47)20(6)23(33)9)53-37(49)30-21(7)24(10)34(31(32(30)45)40(41,42)43)55-38(50)39(51)16(2)13-25(44)14-27(39)52-11/h12-14,45,51H,1-11H3,(H,46,47). The smallest absolute Gasteiger partial charge is 0.423 e. The molecule has 0 spiro atoms. The van der Waals surface area contributed by atoms with Gasteiger partial charge in [-0.2, -0.15) is 13.2 Å². The number of esters is 3. The molecule has 0 fully saturated rings. The number of hydrogen-bond donors (Lipinski definition) is 3. The van der Waals surface area contributed by atoms with Crippen LogP contribution in [0.5, 0.6) is 23.0 Å². The Morgan fingerprint density at radius 3 is 1.67 bits per heavy atom. The Bertz CT molecular complexity index is 2270. The normalized spacial score (nSPS) is 15.6. The molecule has 292 valence electrons. The quantitative estimate of drug-likeness (QED) is 0.158. The molecule has 1 aliphatic carbocycles. The largest absolute Gasteiger partial charge is 0.506 e. The van der Waals surface area contributed by atoms with Crippen LogP contribution in [0, 0.1) is 62.3 Å². The molecule has 1 aliphatic rings. The Morgan fingerprint density at radius 2 is 1.16 bits per heavy atom. The molecule has 4 rings (SSSR count). The van der Waals surface area contributed by atoms with Crippen molar-refractivity contribution in [3.8, 4) is 23.0 Å². The fraction of sp³-hybridized carbons (Fsp3) is 0.325. The van der Waals surface area contributed by atoms with Gasteiger partial charge < -0.3 is 34.3 Å². The monoisotopic (exact) mass is 768 g/mol. The maximum absolute atomic E-state index is 14.6. The van der Waals surface area contributed by atoms with Crippen molar-refractivity contribution in [2.24, 2.45) is 0 Å². The number of allylic oxidation sites excluding steroid dienone is 2. The second-order valence-electron chi connectivity index (χ2n) is 13.3. The number of methoxy groups -OCH3 is 1. The zero-order valence-electron chi connectivity index (χ0n) is 31.9. The van der Waals surface area contributed by atoms with Crippen LogP contribution in [0.3, 0.4) is 0 Å². The molecule has 3 aromatic carbocycles. The van der Waals surface area contributed by atoms with E-state index in [0.717, 1.165) is 33.1 Å². The number of aryl methyl sites for hydroxylation is 1. The van der Waals surface area contributed by atoms with E-state index in [0.29, 0.717) is 27.8 Å². The van der Waals surface area contributed by atoms with Gasteiger partial charge in [-0.05, 0) is 137 Å². The first kappa shape index (κ1) is 41.8. The average Bonchev–Trinajstić information content (AvgIpc) is 3.07. The molecule has 0 bridgehead atoms. The summed E-state index contributed by atoms with van der Waals surface area (Å²) in [6.45, 7) is 14.4. The minimum absolute atomic E-state index is 0.0923. The molecule has 0 radical (unpaired) electrons. The highest BCUT2D eigenvalue weighted by Crippen LogP contribution is 2.48. The number of hydrogen-bond acceptors (Lipinski definition) is 11. The van der Waals surface area contributed by atoms with E-state index in [9.17, 15) is 52.5 Å². The van der Waals surface area contributed by atoms with Gasteiger partial charge >= 0.3 is 30.1 Å². The number of ether oxygens (including phenoxy) is 4. The van der Waals surface area contributed by atoms with E-state index in [4.69, 9.17) is 18.9 Å². The average molecular weight is 769 g/mol. The van der Waals surface area contributed by atoms with Gasteiger partial charge in [0, 0.05) is 6.08 Å². The van der Waals surface area contributed by atoms with Crippen LogP contribution in [0.2, 0.25) is 0 Å². The van der Waals surface area contributed by atoms with Gasteiger partial charge in [-0.3, -0.25) is 4.79 Å². The van der Waals surface area contributed by atoms with Gasteiger partial charge in [0.05, 0.1) is 18.2 Å². The van der Waals surface area contributed by atoms with Gasteiger partial charge in [0.25, 0.3) is 0 Å². The number of carboxylic acid groups (broad SMARTS) is 1. The summed E-state index contributed by atoms with van der Waals surface area (Å²) >= 11 is 0. The van der Waals surface area contributed by atoms with E-state index >= 15 is 0 Å². The number of alkyl halides is 3. The number of carbonyl (C=O) groups is 5. The summed E-state index contributed by atoms with van der Waals surface area (Å²) in [6.07, 6.45) is -3.79. The summed E-state index contributed by atoms with van der Waals surface area (Å²) in [5.41, 5.74) is -3.90. The van der Waals surface area contributed by atoms with Crippen molar-refractivity contribution in [3.05, 3.63) is 102 Å². The summed E-state index contributed by atoms with van der Waals surface area (Å²) in [4.78, 5) is 64.4. The molecule has 1 unspecified atom stereocenters. The maximum atomic E-state index is 14.6. The SMILES string of the molecule is COC1=CC(=O)C=C(C)C1(O)C(=O)Oc1c(C)c(C)c(C(=O)Oc2cc(C)c(C(=O)Oc3c(C)c(C)c(C(=O)O)c(C)c3C)c(C)c2C)c(O)c1C(F)(F)F. The second-order valence-corrected chi connectivity index (χ2v) is 13.3. The lowest BCUT2D eigenvalue weighted by Crippen LogP contribution is -2.47. The summed E-state index contributed by atoms with van der Waals surface area (Å²) in [5.74, 6) is -9.10. The third kappa shape index (κ3) is 7.07. The number of ketones is 1. The van der Waals surface area contributed by atoms with Crippen molar-refractivity contribution in [1.29, 1.82) is 0 Å². The van der Waals surface area contributed by atoms with E-state index in [-0.39, 0.29) is 44.9 Å². The lowest BCUT2D eigenvalue weighted by atomic mass is 9.87. The molecular weight excluding hydrogens is 729 g/mol. The summed E-state index contributed by atoms with van der Waals surface area (Å²) < 4.78 is 65.3. The molecule has 0 heterocycles. The van der Waals surface area contributed by atoms with Gasteiger partial charge in [-0.25, -0.2) is 19.2 Å².